The van der Waals surface area contributed by atoms with Crippen molar-refractivity contribution in [2.24, 2.45) is 88.8 Å². The maximum atomic E-state index is 12.2. The van der Waals surface area contributed by atoms with Gasteiger partial charge in [-0.2, -0.15) is 0 Å². The number of para-hydroxylation sites is 3. The lowest BCUT2D eigenvalue weighted by atomic mass is 9.91. The van der Waals surface area contributed by atoms with Gasteiger partial charge in [0, 0.05) is 12.0 Å². The number of esters is 1. The SMILES string of the molecule is C1=CC2CC1CC2CCOc1ccc(-c2ccccc2)cc1.C1=CC2CC1CC2CCOc1ccccc1.C1=CC2CC1CC2CCOc1ccccc1-c1ccccc1.C1=CC2CC1CC2COc1ccccc1.O=C(CC1CC2C=CC1C2)Oc1ccc(-c2ccccc2)cc1. The lowest BCUT2D eigenvalue weighted by Gasteiger charge is -2.19. The van der Waals surface area contributed by atoms with Gasteiger partial charge in [-0.3, -0.25) is 4.79 Å². The molecule has 0 radical (unpaired) electrons. The number of hydrogen-bond acceptors (Lipinski definition) is 6. The third kappa shape index (κ3) is 17.9. The molecule has 0 amide bonds. The standard InChI is InChI=1S/C21H20O2.2C21H22O.C15H18O.C14H16O/c22-21(14-19-13-15-6-7-18(19)12-15)23-20-10-8-17(9-11-20)16-4-2-1-3-5-16;1-2-6-17(7-3-1)20-8-4-5-9-21(20)22-13-12-19-15-16-10-11-18(19)14-16;1-2-4-17(5-3-1)18-8-10-21(11-9-18)22-13-12-20-15-16-6-7-19(20)14-16;1-2-4-15(5-3-1)16-9-8-14-11-12-6-7-13(14)10-12;1-2-4-14(5-3-1)15-10-13-9-11-6-7-12(13)8-11/h1-11,15,18-19H,12-14H2;1-11,16,18-19H,12-15H2;1-11,16,19-20H,12-15H2;1-7,12-14H,8-11H2;1-7,11-13H,8-10H2. The summed E-state index contributed by atoms with van der Waals surface area (Å²) in [4.78, 5) is 12.2. The minimum atomic E-state index is -0.108. The van der Waals surface area contributed by atoms with Gasteiger partial charge >= 0.3 is 5.97 Å². The van der Waals surface area contributed by atoms with Crippen molar-refractivity contribution in [3.05, 3.63) is 285 Å². The molecule has 0 aliphatic heterocycles. The smallest absolute Gasteiger partial charge is 0.311 e. The van der Waals surface area contributed by atoms with Gasteiger partial charge in [0.2, 0.25) is 0 Å². The largest absolute Gasteiger partial charge is 0.494 e. The molecule has 5 saturated carbocycles. The summed E-state index contributed by atoms with van der Waals surface area (Å²) in [6.07, 6.45) is 41.3. The summed E-state index contributed by atoms with van der Waals surface area (Å²) in [5.41, 5.74) is 7.20. The molecule has 6 nitrogen and oxygen atoms in total. The topological polar surface area (TPSA) is 63.2 Å². The van der Waals surface area contributed by atoms with Gasteiger partial charge in [-0.1, -0.05) is 231 Å². The zero-order valence-corrected chi connectivity index (χ0v) is 57.0. The van der Waals surface area contributed by atoms with E-state index in [4.69, 9.17) is 23.7 Å². The monoisotopic (exact) mass is 1300 g/mol. The number of carbonyl (C=O) groups is 1. The zero-order valence-electron chi connectivity index (χ0n) is 57.0. The lowest BCUT2D eigenvalue weighted by molar-refractivity contribution is -0.135. The molecule has 10 aliphatic carbocycles. The van der Waals surface area contributed by atoms with Crippen molar-refractivity contribution < 1.29 is 28.5 Å². The van der Waals surface area contributed by atoms with Gasteiger partial charge in [0.1, 0.15) is 28.7 Å². The molecular formula is C92H98O6. The van der Waals surface area contributed by atoms with E-state index in [1.54, 1.807) is 0 Å². The molecule has 8 aromatic rings. The van der Waals surface area contributed by atoms with Crippen LogP contribution in [0.3, 0.4) is 0 Å². The first-order valence-electron chi connectivity index (χ1n) is 37.1. The molecule has 0 aromatic heterocycles. The van der Waals surface area contributed by atoms with Gasteiger partial charge in [-0.15, -0.1) is 0 Å². The van der Waals surface area contributed by atoms with E-state index in [-0.39, 0.29) is 5.97 Å². The Kier molecular flexibility index (Phi) is 22.4. The molecule has 0 saturated heterocycles. The minimum absolute atomic E-state index is 0.108. The first kappa shape index (κ1) is 66.4. The van der Waals surface area contributed by atoms with Crippen LogP contribution in [0, 0.1) is 88.8 Å². The van der Waals surface area contributed by atoms with Crippen LogP contribution < -0.4 is 23.7 Å². The first-order valence-corrected chi connectivity index (χ1v) is 37.1. The Morgan fingerprint density at radius 2 is 0.602 bits per heavy atom. The van der Waals surface area contributed by atoms with Crippen LogP contribution in [-0.2, 0) is 4.79 Å². The quantitative estimate of drug-likeness (QED) is 0.0406. The highest BCUT2D eigenvalue weighted by Crippen LogP contribution is 2.49. The summed E-state index contributed by atoms with van der Waals surface area (Å²) in [6.45, 7) is 3.42. The second kappa shape index (κ2) is 33.1. The molecule has 5 fully saturated rings. The molecule has 502 valence electrons. The molecule has 0 spiro atoms. The number of hydrogen-bond donors (Lipinski definition) is 0. The fraction of sp³-hybridized carbons (Fsp3) is 0.359. The van der Waals surface area contributed by atoms with Crippen LogP contribution in [0.15, 0.2) is 285 Å². The van der Waals surface area contributed by atoms with E-state index < -0.39 is 0 Å². The summed E-state index contributed by atoms with van der Waals surface area (Å²) < 4.78 is 29.2. The molecule has 98 heavy (non-hydrogen) atoms. The fourth-order valence-corrected chi connectivity index (χ4v) is 17.7. The second-order valence-corrected chi connectivity index (χ2v) is 29.4. The highest BCUT2D eigenvalue weighted by atomic mass is 16.5. The number of carbonyl (C=O) groups excluding carboxylic acids is 1. The number of benzene rings is 8. The average molecular weight is 1300 g/mol. The van der Waals surface area contributed by atoms with Crippen molar-refractivity contribution in [3.63, 3.8) is 0 Å². The number of rotatable bonds is 21. The van der Waals surface area contributed by atoms with E-state index in [0.717, 1.165) is 132 Å². The summed E-state index contributed by atoms with van der Waals surface area (Å²) in [5, 5.41) is 0. The summed E-state index contributed by atoms with van der Waals surface area (Å²) in [7, 11) is 0. The Labute approximate surface area is 583 Å². The van der Waals surface area contributed by atoms with Gasteiger partial charge in [0.15, 0.2) is 0 Å². The van der Waals surface area contributed by atoms with E-state index in [0.29, 0.717) is 29.9 Å². The maximum absolute atomic E-state index is 12.2. The molecule has 0 N–H and O–H groups in total. The van der Waals surface area contributed by atoms with Gasteiger partial charge < -0.3 is 23.7 Å². The fourth-order valence-electron chi connectivity index (χ4n) is 17.7. The summed E-state index contributed by atoms with van der Waals surface area (Å²) in [5.74, 6) is 16.3. The van der Waals surface area contributed by atoms with E-state index in [2.05, 4.69) is 176 Å². The van der Waals surface area contributed by atoms with Crippen molar-refractivity contribution in [1.82, 2.24) is 0 Å². The van der Waals surface area contributed by atoms with Crippen LogP contribution in [0.25, 0.3) is 33.4 Å². The van der Waals surface area contributed by atoms with Crippen LogP contribution in [0.5, 0.6) is 28.7 Å². The number of fused-ring (bicyclic) bond motifs is 10. The predicted molar refractivity (Wildman–Crippen MR) is 399 cm³/mol. The first-order chi connectivity index (χ1) is 48.4. The molecule has 0 heterocycles. The minimum Gasteiger partial charge on any atom is -0.494 e. The van der Waals surface area contributed by atoms with Gasteiger partial charge in [-0.05, 0) is 255 Å². The van der Waals surface area contributed by atoms with Crippen LogP contribution >= 0.6 is 0 Å². The third-order valence-corrected chi connectivity index (χ3v) is 22.8. The highest BCUT2D eigenvalue weighted by molar-refractivity contribution is 5.74. The normalized spacial score (nSPS) is 27.2. The van der Waals surface area contributed by atoms with Crippen molar-refractivity contribution in [3.8, 4) is 62.1 Å². The van der Waals surface area contributed by atoms with E-state index >= 15 is 0 Å². The molecule has 10 aliphatic rings. The van der Waals surface area contributed by atoms with Gasteiger partial charge in [0.25, 0.3) is 0 Å². The molecule has 15 unspecified atom stereocenters. The predicted octanol–water partition coefficient (Wildman–Crippen LogP) is 22.5. The Bertz CT molecular complexity index is 3920. The van der Waals surface area contributed by atoms with Crippen LogP contribution in [0.4, 0.5) is 0 Å². The van der Waals surface area contributed by atoms with Crippen molar-refractivity contribution >= 4 is 5.97 Å². The molecule has 10 bridgehead atoms. The lowest BCUT2D eigenvalue weighted by Crippen LogP contribution is -2.17. The summed E-state index contributed by atoms with van der Waals surface area (Å²) in [6, 6.07) is 76.0. The summed E-state index contributed by atoms with van der Waals surface area (Å²) >= 11 is 0. The maximum Gasteiger partial charge on any atom is 0.311 e. The Morgan fingerprint density at radius 3 is 1.01 bits per heavy atom. The zero-order chi connectivity index (χ0) is 66.1. The molecule has 8 aromatic carbocycles. The van der Waals surface area contributed by atoms with Gasteiger partial charge in [-0.25, -0.2) is 0 Å². The number of allylic oxidation sites excluding steroid dienone is 10. The highest BCUT2D eigenvalue weighted by Gasteiger charge is 2.39. The molecule has 18 rings (SSSR count). The van der Waals surface area contributed by atoms with Crippen LogP contribution in [-0.4, -0.2) is 32.4 Å². The molecule has 6 heteroatoms. The van der Waals surface area contributed by atoms with Crippen LogP contribution in [0.1, 0.15) is 89.9 Å². The number of ether oxygens (including phenoxy) is 5. The second-order valence-electron chi connectivity index (χ2n) is 29.4. The van der Waals surface area contributed by atoms with Gasteiger partial charge in [0.05, 0.1) is 26.4 Å². The average Bonchev–Trinajstić information content (AvgIpc) is 1.70. The Balaban J connectivity index is 0.000000106. The van der Waals surface area contributed by atoms with E-state index in [1.807, 2.05) is 109 Å². The van der Waals surface area contributed by atoms with E-state index in [9.17, 15) is 4.79 Å². The molecular weight excluding hydrogens is 1200 g/mol. The van der Waals surface area contributed by atoms with Crippen LogP contribution in [0.2, 0.25) is 0 Å². The molecule has 15 atom stereocenters. The Morgan fingerprint density at radius 1 is 0.276 bits per heavy atom. The third-order valence-electron chi connectivity index (χ3n) is 22.8. The van der Waals surface area contributed by atoms with E-state index in [1.165, 1.54) is 105 Å². The Hall–Kier alpha value is -8.87. The van der Waals surface area contributed by atoms with Crippen molar-refractivity contribution in [2.75, 3.05) is 26.4 Å². The van der Waals surface area contributed by atoms with Crippen molar-refractivity contribution in [1.29, 1.82) is 0 Å². The van der Waals surface area contributed by atoms with Crippen molar-refractivity contribution in [2.45, 2.75) is 89.9 Å².